The highest BCUT2D eigenvalue weighted by atomic mass is 16.7. The number of amides is 6. The Balaban J connectivity index is 0.825. The van der Waals surface area contributed by atoms with Crippen LogP contribution in [0.4, 0.5) is 21.0 Å². The van der Waals surface area contributed by atoms with Crippen LogP contribution in [0.3, 0.4) is 0 Å². The molecule has 6 heterocycles. The van der Waals surface area contributed by atoms with E-state index in [0.29, 0.717) is 24.8 Å². The van der Waals surface area contributed by atoms with Crippen molar-refractivity contribution in [2.45, 2.75) is 145 Å². The lowest BCUT2D eigenvalue weighted by Gasteiger charge is -2.38. The summed E-state index contributed by atoms with van der Waals surface area (Å²) in [6, 6.07) is 11.1. The number of carbonyl (C=O) groups excluding carboxylic acids is 6. The number of nitrogens with one attached hydrogen (secondary N) is 2. The van der Waals surface area contributed by atoms with E-state index < -0.39 is 147 Å². The number of hydrogen-bond donors (Lipinski definition) is 12. The number of terminal acetylenes is 1. The fourth-order valence-electron chi connectivity index (χ4n) is 12.7. The maximum Gasteiger partial charge on any atom is 0.416 e. The van der Waals surface area contributed by atoms with Crippen molar-refractivity contribution in [2.75, 3.05) is 77.3 Å². The van der Waals surface area contributed by atoms with E-state index in [9.17, 15) is 89.4 Å². The summed E-state index contributed by atoms with van der Waals surface area (Å²) in [7, 11) is 4.08. The molecule has 0 spiro atoms. The van der Waals surface area contributed by atoms with Gasteiger partial charge in [0.15, 0.2) is 47.7 Å². The summed E-state index contributed by atoms with van der Waals surface area (Å²) in [5.74, 6) is -4.12. The molecule has 0 aliphatic carbocycles. The predicted molar refractivity (Wildman–Crippen MR) is 364 cm³/mol. The maximum atomic E-state index is 14.6. The molecule has 0 aromatic heterocycles. The van der Waals surface area contributed by atoms with Crippen molar-refractivity contribution < 1.29 is 146 Å². The minimum atomic E-state index is -2.04. The molecular formula is C71H82N6O30. The lowest BCUT2D eigenvalue weighted by atomic mass is 9.99. The van der Waals surface area contributed by atoms with Crippen LogP contribution in [0.1, 0.15) is 98.5 Å². The number of anilines is 2. The largest absolute Gasteiger partial charge is 0.493 e. The number of benzene rings is 4. The molecule has 6 aliphatic heterocycles. The topological polar surface area (TPSA) is 487 Å². The number of fused-ring (bicyclic) bond motifs is 4. The molecule has 36 nitrogen and oxygen atoms in total. The smallest absolute Gasteiger partial charge is 0.416 e. The van der Waals surface area contributed by atoms with E-state index in [-0.39, 0.29) is 138 Å². The molecule has 6 amide bonds. The Bertz CT molecular complexity index is 4110. The zero-order valence-corrected chi connectivity index (χ0v) is 58.4. The van der Waals surface area contributed by atoms with Gasteiger partial charge in [0, 0.05) is 44.7 Å². The molecule has 2 saturated heterocycles. The second-order valence-electron chi connectivity index (χ2n) is 25.5. The van der Waals surface area contributed by atoms with Crippen molar-refractivity contribution in [2.24, 2.45) is 0 Å². The van der Waals surface area contributed by atoms with Gasteiger partial charge < -0.3 is 128 Å². The third-order valence-corrected chi connectivity index (χ3v) is 18.1. The van der Waals surface area contributed by atoms with Gasteiger partial charge in [0.2, 0.25) is 12.6 Å². The molecule has 0 radical (unpaired) electrons. The fraction of sp³-hybridized carbons (Fsp3) is 0.465. The number of unbranched alkanes of at least 4 members (excludes halogenated alkanes) is 2. The molecule has 0 saturated carbocycles. The highest BCUT2D eigenvalue weighted by Crippen LogP contribution is 2.45. The molecule has 4 aromatic rings. The Morgan fingerprint density at radius 2 is 0.953 bits per heavy atom. The van der Waals surface area contributed by atoms with E-state index in [0.717, 1.165) is 15.4 Å². The second kappa shape index (κ2) is 34.9. The summed E-state index contributed by atoms with van der Waals surface area (Å²) >= 11 is 0. The Hall–Kier alpha value is -10.4. The van der Waals surface area contributed by atoms with E-state index >= 15 is 0 Å². The number of carboxylic acid groups (broad SMARTS) is 2. The number of carboxylic acids is 2. The first-order valence-corrected chi connectivity index (χ1v) is 33.7. The molecule has 12 N–H and O–H groups in total. The number of aliphatic carboxylic acids is 2. The highest BCUT2D eigenvalue weighted by molar-refractivity contribution is 6.08. The summed E-state index contributed by atoms with van der Waals surface area (Å²) < 4.78 is 67.9. The summed E-state index contributed by atoms with van der Waals surface area (Å²) in [5, 5.41) is 111. The lowest BCUT2D eigenvalue weighted by Crippen LogP contribution is -2.61. The van der Waals surface area contributed by atoms with Gasteiger partial charge in [0.1, 0.15) is 67.9 Å². The number of ether oxygens (including phenoxy) is 12. The van der Waals surface area contributed by atoms with Crippen LogP contribution in [0.25, 0.3) is 0 Å². The van der Waals surface area contributed by atoms with Gasteiger partial charge in [0.05, 0.1) is 86.4 Å². The maximum absolute atomic E-state index is 14.6. The summed E-state index contributed by atoms with van der Waals surface area (Å²) in [6.45, 7) is 2.33. The Kier molecular flexibility index (Phi) is 25.8. The summed E-state index contributed by atoms with van der Waals surface area (Å²) in [6.07, 6.45) is -15.9. The molecule has 2 unspecified atom stereocenters. The number of aliphatic hydroxyl groups excluding tert-OH is 8. The SMILES string of the molecule is C#CCOCCNC(=O)c1cc(COC(=O)N2c3cc(OCCCCCOc4cc5c(cc4OC)C(=O)N4C=C(C)C[C@H]4C(O)N5C(=O)OCc4ccc(O[C@@H]5O[C@H](C(=O)O)[C@@H](O)[C@H](O)[C@H]5O)c(C(=O)NCCOC)c4)c(OC)cc3C(=O)N3C=C(C)C[C@H]3C2O)ccc1O[C@@H]1O[C@H](C(=O)O)[C@@H](O)[C@H](O)[C@H]1O. The van der Waals surface area contributed by atoms with Gasteiger partial charge in [-0.15, -0.1) is 6.42 Å². The third-order valence-electron chi connectivity index (χ3n) is 18.1. The van der Waals surface area contributed by atoms with Gasteiger partial charge in [-0.25, -0.2) is 29.0 Å². The minimum absolute atomic E-state index is 0.00413. The average molecular weight is 1500 g/mol. The van der Waals surface area contributed by atoms with Crippen molar-refractivity contribution >= 4 is 59.1 Å². The van der Waals surface area contributed by atoms with Crippen LogP contribution in [0.5, 0.6) is 34.5 Å². The van der Waals surface area contributed by atoms with Gasteiger partial charge in [-0.05, 0) is 93.5 Å². The Morgan fingerprint density at radius 3 is 1.35 bits per heavy atom. The Labute approximate surface area is 610 Å². The monoisotopic (exact) mass is 1500 g/mol. The number of hydrogen-bond acceptors (Lipinski definition) is 28. The number of nitrogens with zero attached hydrogens (tertiary/aromatic N) is 4. The zero-order chi connectivity index (χ0) is 77.2. The van der Waals surface area contributed by atoms with Crippen LogP contribution >= 0.6 is 0 Å². The lowest BCUT2D eigenvalue weighted by molar-refractivity contribution is -0.271. The quantitative estimate of drug-likeness (QED) is 0.0264. The van der Waals surface area contributed by atoms with Crippen LogP contribution < -0.4 is 48.9 Å². The van der Waals surface area contributed by atoms with Gasteiger partial charge in [-0.1, -0.05) is 29.2 Å². The number of carbonyl (C=O) groups is 8. The standard InChI is InChI=1S/C71H82N6O30/c1-7-17-99-21-16-73-61(85)41-25-37(12-14-47(41)105-69-57(83)53(79)55(81)59(107-69)67(92)93)33-103-71(95)77-43-29-51(49(98-6)27-39(43)63(87)75-31-35(3)23-45(75)65(77)89)101-19-10-8-9-18-100-50-28-42-38(26-48(50)97-5)62(86)74-30-34(2)22-44(74)64(88)76(42)70(94)102-32-36-11-13-46(40(24-36)60(84)72-15-20-96-4)104-68-56(82)52(78)54(80)58(106-68)66(90)91/h1,11-14,24-31,44-45,52-59,64-65,68-69,78-83,88-89H,8-10,15-23,32-33H2,2-6H3,(H,72,84)(H,73,85)(H,90,91)(H,92,93)/t44-,45-,52-,53-,54-,55-,56+,57+,58-,59-,64?,65?,68+,69+/m0/s1. The van der Waals surface area contributed by atoms with Crippen molar-refractivity contribution in [3.05, 3.63) is 118 Å². The van der Waals surface area contributed by atoms with Crippen LogP contribution in [-0.2, 0) is 51.2 Å². The first-order chi connectivity index (χ1) is 51.2. The summed E-state index contributed by atoms with van der Waals surface area (Å²) in [4.78, 5) is 113. The molecule has 576 valence electrons. The van der Waals surface area contributed by atoms with E-state index in [1.165, 1.54) is 91.8 Å². The minimum Gasteiger partial charge on any atom is -0.493 e. The molecular weight excluding hydrogens is 1420 g/mol. The van der Waals surface area contributed by atoms with Crippen LogP contribution in [-0.4, -0.2) is 262 Å². The first-order valence-electron chi connectivity index (χ1n) is 33.7. The van der Waals surface area contributed by atoms with Crippen molar-refractivity contribution in [3.8, 4) is 46.8 Å². The molecule has 107 heavy (non-hydrogen) atoms. The van der Waals surface area contributed by atoms with Crippen molar-refractivity contribution in [1.29, 1.82) is 0 Å². The van der Waals surface area contributed by atoms with Gasteiger partial charge in [-0.2, -0.15) is 0 Å². The predicted octanol–water partition coefficient (Wildman–Crippen LogP) is 0.817. The first kappa shape index (κ1) is 79.2. The molecule has 0 bridgehead atoms. The van der Waals surface area contributed by atoms with Crippen LogP contribution in [0.2, 0.25) is 0 Å². The average Bonchev–Trinajstić information content (AvgIpc) is 1.63. The van der Waals surface area contributed by atoms with Crippen molar-refractivity contribution in [1.82, 2.24) is 20.4 Å². The van der Waals surface area contributed by atoms with E-state index in [4.69, 9.17) is 63.3 Å². The van der Waals surface area contributed by atoms with Crippen LogP contribution in [0, 0.1) is 12.3 Å². The Morgan fingerprint density at radius 1 is 0.533 bits per heavy atom. The molecule has 36 heteroatoms. The van der Waals surface area contributed by atoms with Crippen LogP contribution in [0.15, 0.2) is 84.2 Å². The summed E-state index contributed by atoms with van der Waals surface area (Å²) in [5.41, 5.74) is 0.853. The number of rotatable bonds is 29. The van der Waals surface area contributed by atoms with E-state index in [2.05, 4.69) is 16.6 Å². The number of methoxy groups -OCH3 is 3. The fourth-order valence-corrected chi connectivity index (χ4v) is 12.7. The van der Waals surface area contributed by atoms with Crippen molar-refractivity contribution in [3.63, 3.8) is 0 Å². The number of aliphatic hydroxyl groups is 8. The molecule has 2 fully saturated rings. The molecule has 6 aliphatic rings. The molecule has 4 aromatic carbocycles. The third kappa shape index (κ3) is 17.4. The van der Waals surface area contributed by atoms with Gasteiger partial charge in [-0.3, -0.25) is 19.2 Å². The normalized spacial score (nSPS) is 25.0. The van der Waals surface area contributed by atoms with E-state index in [1.54, 1.807) is 26.2 Å². The van der Waals surface area contributed by atoms with E-state index in [1.807, 2.05) is 0 Å². The second-order valence-corrected chi connectivity index (χ2v) is 25.5. The molecule has 10 rings (SSSR count). The highest BCUT2D eigenvalue weighted by Gasteiger charge is 2.51. The van der Waals surface area contributed by atoms with Gasteiger partial charge in [0.25, 0.3) is 23.6 Å². The van der Waals surface area contributed by atoms with Gasteiger partial charge >= 0.3 is 24.1 Å². The zero-order valence-electron chi connectivity index (χ0n) is 58.4. The molecule has 14 atom stereocenters.